The van der Waals surface area contributed by atoms with E-state index in [2.05, 4.69) is 29.3 Å². The first kappa shape index (κ1) is 17.7. The van der Waals surface area contributed by atoms with E-state index in [9.17, 15) is 9.59 Å². The first-order valence-electron chi connectivity index (χ1n) is 9.31. The highest BCUT2D eigenvalue weighted by molar-refractivity contribution is 5.93. The van der Waals surface area contributed by atoms with Crippen LogP contribution in [0.2, 0.25) is 0 Å². The summed E-state index contributed by atoms with van der Waals surface area (Å²) in [4.78, 5) is 28.0. The lowest BCUT2D eigenvalue weighted by Gasteiger charge is -2.38. The van der Waals surface area contributed by atoms with Gasteiger partial charge in [0.05, 0.1) is 18.8 Å². The zero-order valence-electron chi connectivity index (χ0n) is 15.7. The van der Waals surface area contributed by atoms with Crippen molar-refractivity contribution in [3.05, 3.63) is 41.6 Å². The highest BCUT2D eigenvalue weighted by atomic mass is 16.5. The lowest BCUT2D eigenvalue weighted by molar-refractivity contribution is -0.158. The average Bonchev–Trinajstić information content (AvgIpc) is 3.33. The van der Waals surface area contributed by atoms with Crippen LogP contribution >= 0.6 is 0 Å². The fourth-order valence-corrected chi connectivity index (χ4v) is 3.82. The maximum atomic E-state index is 12.9. The molecule has 2 aliphatic rings. The first-order valence-corrected chi connectivity index (χ1v) is 9.31. The molecule has 7 heteroatoms. The quantitative estimate of drug-likeness (QED) is 0.895. The summed E-state index contributed by atoms with van der Waals surface area (Å²) < 4.78 is 5.81. The zero-order chi connectivity index (χ0) is 19.0. The number of hydrogen-bond donors (Lipinski definition) is 1. The monoisotopic (exact) mass is 368 g/mol. The maximum Gasteiger partial charge on any atom is 0.271 e. The third kappa shape index (κ3) is 3.35. The van der Waals surface area contributed by atoms with Gasteiger partial charge in [-0.2, -0.15) is 5.10 Å². The molecule has 1 aromatic carbocycles. The normalized spacial score (nSPS) is 22.7. The molecule has 2 aromatic rings. The Morgan fingerprint density at radius 3 is 2.78 bits per heavy atom. The van der Waals surface area contributed by atoms with Gasteiger partial charge in [0.15, 0.2) is 0 Å². The van der Waals surface area contributed by atoms with Crippen molar-refractivity contribution in [2.45, 2.75) is 25.4 Å². The molecule has 2 fully saturated rings. The number of nitrogens with zero attached hydrogens (tertiary/aromatic N) is 3. The molecular weight excluding hydrogens is 344 g/mol. The molecule has 27 heavy (non-hydrogen) atoms. The van der Waals surface area contributed by atoms with E-state index < -0.39 is 5.60 Å². The van der Waals surface area contributed by atoms with Crippen molar-refractivity contribution in [3.8, 4) is 11.3 Å². The van der Waals surface area contributed by atoms with E-state index in [1.165, 1.54) is 5.56 Å². The number of aromatic nitrogens is 2. The van der Waals surface area contributed by atoms with Crippen molar-refractivity contribution in [2.75, 3.05) is 33.3 Å². The molecule has 1 spiro atoms. The molecule has 0 saturated carbocycles. The average molecular weight is 368 g/mol. The van der Waals surface area contributed by atoms with E-state index in [0.29, 0.717) is 25.3 Å². The Hall–Kier alpha value is -2.67. The van der Waals surface area contributed by atoms with Gasteiger partial charge in [-0.1, -0.05) is 31.2 Å². The van der Waals surface area contributed by atoms with E-state index >= 15 is 0 Å². The number of morpholine rings is 1. The van der Waals surface area contributed by atoms with E-state index in [4.69, 9.17) is 4.74 Å². The number of benzene rings is 1. The largest absolute Gasteiger partial charge is 0.361 e. The minimum absolute atomic E-state index is 0.0160. The fourth-order valence-electron chi connectivity index (χ4n) is 3.82. The number of likely N-dealkylation sites (tertiary alicyclic amines) is 1. The summed E-state index contributed by atoms with van der Waals surface area (Å²) in [6, 6.07) is 10.0. The minimum atomic E-state index is -0.447. The number of aryl methyl sites for hydroxylation is 1. The number of carbonyl (C=O) groups excluding carboxylic acids is 2. The van der Waals surface area contributed by atoms with E-state index in [1.54, 1.807) is 22.9 Å². The lowest BCUT2D eigenvalue weighted by atomic mass is 10.0. The van der Waals surface area contributed by atoms with Gasteiger partial charge in [-0.15, -0.1) is 0 Å². The van der Waals surface area contributed by atoms with Crippen LogP contribution in [0.1, 0.15) is 29.4 Å². The summed E-state index contributed by atoms with van der Waals surface area (Å²) >= 11 is 0. The Kier molecular flexibility index (Phi) is 4.47. The molecule has 1 atom stereocenters. The third-order valence-corrected chi connectivity index (χ3v) is 5.52. The van der Waals surface area contributed by atoms with Crippen molar-refractivity contribution in [1.29, 1.82) is 0 Å². The van der Waals surface area contributed by atoms with Crippen molar-refractivity contribution < 1.29 is 14.3 Å². The standard InChI is InChI=1S/C20H24N4O3/c1-3-14-4-6-15(7-5-14)16-10-17(22-21-16)19(26)24-9-8-20(13-24)12-23(2)18(25)11-27-20/h4-7,10H,3,8-9,11-13H2,1-2H3,(H,21,22)/t20-/m1/s1. The van der Waals surface area contributed by atoms with Crippen LogP contribution in [0.25, 0.3) is 11.3 Å². The predicted molar refractivity (Wildman–Crippen MR) is 100 cm³/mol. The van der Waals surface area contributed by atoms with Crippen molar-refractivity contribution >= 4 is 11.8 Å². The lowest BCUT2D eigenvalue weighted by Crippen LogP contribution is -2.54. The zero-order valence-corrected chi connectivity index (χ0v) is 15.7. The summed E-state index contributed by atoms with van der Waals surface area (Å²) in [6.07, 6.45) is 1.72. The summed E-state index contributed by atoms with van der Waals surface area (Å²) in [7, 11) is 1.78. The molecule has 0 aliphatic carbocycles. The summed E-state index contributed by atoms with van der Waals surface area (Å²) in [5, 5.41) is 7.17. The number of nitrogens with one attached hydrogen (secondary N) is 1. The van der Waals surface area contributed by atoms with E-state index in [1.807, 2.05) is 12.1 Å². The summed E-state index contributed by atoms with van der Waals surface area (Å²) in [5.41, 5.74) is 3.04. The molecule has 0 unspecified atom stereocenters. The molecule has 7 nitrogen and oxygen atoms in total. The van der Waals surface area contributed by atoms with Crippen molar-refractivity contribution in [1.82, 2.24) is 20.0 Å². The van der Waals surface area contributed by atoms with Gasteiger partial charge in [0.25, 0.3) is 5.91 Å². The second-order valence-corrected chi connectivity index (χ2v) is 7.42. The third-order valence-electron chi connectivity index (χ3n) is 5.52. The molecular formula is C20H24N4O3. The van der Waals surface area contributed by atoms with Crippen LogP contribution in [0.3, 0.4) is 0 Å². The molecule has 142 valence electrons. The van der Waals surface area contributed by atoms with Crippen LogP contribution in [0.15, 0.2) is 30.3 Å². The van der Waals surface area contributed by atoms with E-state index in [-0.39, 0.29) is 18.4 Å². The number of amides is 2. The molecule has 2 aliphatic heterocycles. The van der Waals surface area contributed by atoms with Crippen LogP contribution < -0.4 is 0 Å². The molecule has 0 bridgehead atoms. The first-order chi connectivity index (χ1) is 13.0. The Balaban J connectivity index is 1.46. The van der Waals surface area contributed by atoms with Gasteiger partial charge in [0.2, 0.25) is 5.91 Å². The number of carbonyl (C=O) groups is 2. The molecule has 0 radical (unpaired) electrons. The Morgan fingerprint density at radius 2 is 2.07 bits per heavy atom. The Morgan fingerprint density at radius 1 is 1.30 bits per heavy atom. The highest BCUT2D eigenvalue weighted by Gasteiger charge is 2.45. The number of aromatic amines is 1. The van der Waals surface area contributed by atoms with Gasteiger partial charge in [0.1, 0.15) is 17.9 Å². The van der Waals surface area contributed by atoms with Gasteiger partial charge >= 0.3 is 0 Å². The molecule has 1 N–H and O–H groups in total. The molecule has 4 rings (SSSR count). The predicted octanol–water partition coefficient (Wildman–Crippen LogP) is 1.71. The fraction of sp³-hybridized carbons (Fsp3) is 0.450. The van der Waals surface area contributed by atoms with Crippen LogP contribution in [-0.2, 0) is 16.0 Å². The van der Waals surface area contributed by atoms with Crippen LogP contribution in [0.5, 0.6) is 0 Å². The molecule has 3 heterocycles. The number of likely N-dealkylation sites (N-methyl/N-ethyl adjacent to an activating group) is 1. The van der Waals surface area contributed by atoms with Gasteiger partial charge < -0.3 is 14.5 Å². The number of ether oxygens (including phenoxy) is 1. The number of hydrogen-bond acceptors (Lipinski definition) is 4. The summed E-state index contributed by atoms with van der Waals surface area (Å²) in [5.74, 6) is -0.100. The van der Waals surface area contributed by atoms with Gasteiger partial charge in [-0.05, 0) is 24.5 Å². The molecule has 2 amide bonds. The topological polar surface area (TPSA) is 78.5 Å². The van der Waals surface area contributed by atoms with Gasteiger partial charge in [-0.25, -0.2) is 0 Å². The Bertz CT molecular complexity index is 860. The summed E-state index contributed by atoms with van der Waals surface area (Å²) in [6.45, 7) is 3.82. The second kappa shape index (κ2) is 6.81. The number of H-pyrrole nitrogens is 1. The minimum Gasteiger partial charge on any atom is -0.361 e. The van der Waals surface area contributed by atoms with E-state index in [0.717, 1.165) is 24.1 Å². The molecule has 2 saturated heterocycles. The SMILES string of the molecule is CCc1ccc(-c2cc(C(=O)N3CC[C@@]4(CN(C)C(=O)CO4)C3)[nH]n2)cc1. The highest BCUT2D eigenvalue weighted by Crippen LogP contribution is 2.30. The van der Waals surface area contributed by atoms with Crippen molar-refractivity contribution in [3.63, 3.8) is 0 Å². The Labute approximate surface area is 158 Å². The second-order valence-electron chi connectivity index (χ2n) is 7.42. The van der Waals surface area contributed by atoms with Crippen LogP contribution in [0, 0.1) is 0 Å². The molecule has 1 aromatic heterocycles. The smallest absolute Gasteiger partial charge is 0.271 e. The van der Waals surface area contributed by atoms with Crippen LogP contribution in [0.4, 0.5) is 0 Å². The van der Waals surface area contributed by atoms with Gasteiger partial charge in [-0.3, -0.25) is 14.7 Å². The number of rotatable bonds is 3. The van der Waals surface area contributed by atoms with Gasteiger partial charge in [0, 0.05) is 19.2 Å². The van der Waals surface area contributed by atoms with Crippen LogP contribution in [-0.4, -0.2) is 70.7 Å². The maximum absolute atomic E-state index is 12.9. The van der Waals surface area contributed by atoms with Crippen molar-refractivity contribution in [2.24, 2.45) is 0 Å².